The van der Waals surface area contributed by atoms with Crippen molar-refractivity contribution in [3.05, 3.63) is 48.7 Å². The number of nitrogens with one attached hydrogen (secondary N) is 1. The van der Waals surface area contributed by atoms with Crippen LogP contribution in [-0.2, 0) is 20.2 Å². The van der Waals surface area contributed by atoms with Crippen LogP contribution in [0.25, 0.3) is 11.5 Å². The van der Waals surface area contributed by atoms with Crippen molar-refractivity contribution < 1.29 is 17.7 Å². The van der Waals surface area contributed by atoms with Crippen molar-refractivity contribution in [3.8, 4) is 11.5 Å². The molecule has 10 nitrogen and oxygen atoms in total. The van der Waals surface area contributed by atoms with Crippen molar-refractivity contribution in [1.29, 1.82) is 0 Å². The van der Waals surface area contributed by atoms with E-state index in [1.165, 1.54) is 16.8 Å². The number of hydrogen-bond acceptors (Lipinski definition) is 7. The quantitative estimate of drug-likeness (QED) is 0.589. The molecule has 2 fully saturated rings. The second kappa shape index (κ2) is 8.95. The zero-order chi connectivity index (χ0) is 23.8. The molecule has 34 heavy (non-hydrogen) atoms. The standard InChI is InChI=1S/C23H28N6O4S/c1-23(22-26-20(33-27-22)17-5-3-2-4-6-17)9-13-28(14-10-23)21(30)18-7-11-29(12-8-18)34(31,32)19-15-24-16-25-19/h2-6,15-16,18H,7-14H2,1H3,(H,24,25). The van der Waals surface area contributed by atoms with E-state index in [0.717, 1.165) is 18.4 Å². The van der Waals surface area contributed by atoms with Crippen molar-refractivity contribution in [2.45, 2.75) is 43.0 Å². The summed E-state index contributed by atoms with van der Waals surface area (Å²) in [5.74, 6) is 1.13. The number of hydrogen-bond donors (Lipinski definition) is 1. The van der Waals surface area contributed by atoms with Crippen LogP contribution in [0.3, 0.4) is 0 Å². The number of amides is 1. The zero-order valence-corrected chi connectivity index (χ0v) is 19.9. The number of likely N-dealkylation sites (tertiary alicyclic amines) is 1. The zero-order valence-electron chi connectivity index (χ0n) is 19.1. The van der Waals surface area contributed by atoms with E-state index in [4.69, 9.17) is 4.52 Å². The highest BCUT2D eigenvalue weighted by Gasteiger charge is 2.40. The Morgan fingerprint density at radius 2 is 1.82 bits per heavy atom. The summed E-state index contributed by atoms with van der Waals surface area (Å²) in [5, 5.41) is 4.33. The number of aromatic nitrogens is 4. The van der Waals surface area contributed by atoms with Crippen molar-refractivity contribution in [2.24, 2.45) is 5.92 Å². The number of sulfonamides is 1. The fourth-order valence-corrected chi connectivity index (χ4v) is 6.10. The second-order valence-electron chi connectivity index (χ2n) is 9.27. The van der Waals surface area contributed by atoms with E-state index < -0.39 is 10.0 Å². The minimum absolute atomic E-state index is 0.0875. The summed E-state index contributed by atoms with van der Waals surface area (Å²) < 4.78 is 32.3. The van der Waals surface area contributed by atoms with Gasteiger partial charge in [-0.05, 0) is 37.8 Å². The number of H-pyrrole nitrogens is 1. The van der Waals surface area contributed by atoms with Crippen LogP contribution in [0.15, 0.2) is 52.4 Å². The summed E-state index contributed by atoms with van der Waals surface area (Å²) in [6.45, 7) is 4.02. The minimum Gasteiger partial charge on any atom is -0.342 e. The summed E-state index contributed by atoms with van der Waals surface area (Å²) >= 11 is 0. The highest BCUT2D eigenvalue weighted by Crippen LogP contribution is 2.35. The molecular weight excluding hydrogens is 456 g/mol. The van der Waals surface area contributed by atoms with Crippen LogP contribution in [0.5, 0.6) is 0 Å². The van der Waals surface area contributed by atoms with Gasteiger partial charge in [-0.1, -0.05) is 30.3 Å². The van der Waals surface area contributed by atoms with Gasteiger partial charge in [-0.15, -0.1) is 0 Å². The van der Waals surface area contributed by atoms with Crippen molar-refractivity contribution in [1.82, 2.24) is 29.3 Å². The third kappa shape index (κ3) is 4.25. The van der Waals surface area contributed by atoms with Crippen molar-refractivity contribution in [2.75, 3.05) is 26.2 Å². The molecule has 2 aliphatic rings. The van der Waals surface area contributed by atoms with Crippen LogP contribution in [0.2, 0.25) is 0 Å². The van der Waals surface area contributed by atoms with E-state index in [0.29, 0.717) is 50.7 Å². The number of carbonyl (C=O) groups is 1. The summed E-state index contributed by atoms with van der Waals surface area (Å²) in [6.07, 6.45) is 5.20. The van der Waals surface area contributed by atoms with Crippen LogP contribution in [-0.4, -0.2) is 69.8 Å². The Kier molecular flexibility index (Phi) is 5.98. The maximum absolute atomic E-state index is 13.2. The third-order valence-electron chi connectivity index (χ3n) is 7.06. The Hall–Kier alpha value is -3.05. The Bertz CT molecular complexity index is 1230. The summed E-state index contributed by atoms with van der Waals surface area (Å²) in [5.41, 5.74) is 0.632. The van der Waals surface area contributed by atoms with Crippen LogP contribution >= 0.6 is 0 Å². The lowest BCUT2D eigenvalue weighted by Gasteiger charge is -2.40. The number of piperidine rings is 2. The fourth-order valence-electron chi connectivity index (χ4n) is 4.74. The van der Waals surface area contributed by atoms with Crippen molar-refractivity contribution in [3.63, 3.8) is 0 Å². The molecule has 2 aliphatic heterocycles. The van der Waals surface area contributed by atoms with Crippen LogP contribution < -0.4 is 0 Å². The molecule has 2 aromatic heterocycles. The van der Waals surface area contributed by atoms with E-state index in [1.54, 1.807) is 0 Å². The van der Waals surface area contributed by atoms with Gasteiger partial charge >= 0.3 is 0 Å². The Morgan fingerprint density at radius 3 is 2.47 bits per heavy atom. The molecular formula is C23H28N6O4S. The first-order valence-corrected chi connectivity index (χ1v) is 13.0. The van der Waals surface area contributed by atoms with Gasteiger partial charge in [0.05, 0.1) is 12.5 Å². The van der Waals surface area contributed by atoms with Gasteiger partial charge in [-0.25, -0.2) is 13.4 Å². The number of imidazole rings is 1. The van der Waals surface area contributed by atoms with Gasteiger partial charge in [-0.3, -0.25) is 4.79 Å². The maximum atomic E-state index is 13.2. The molecule has 0 spiro atoms. The van der Waals surface area contributed by atoms with Crippen molar-refractivity contribution >= 4 is 15.9 Å². The summed E-state index contributed by atoms with van der Waals surface area (Å²) in [6, 6.07) is 9.68. The van der Waals surface area contributed by atoms with Crippen LogP contribution in [0.4, 0.5) is 0 Å². The first-order chi connectivity index (χ1) is 16.4. The Morgan fingerprint density at radius 1 is 1.12 bits per heavy atom. The van der Waals surface area contributed by atoms with E-state index >= 15 is 0 Å². The Balaban J connectivity index is 1.17. The van der Waals surface area contributed by atoms with Gasteiger partial charge in [0.2, 0.25) is 5.91 Å². The first kappa shape index (κ1) is 22.7. The van der Waals surface area contributed by atoms with Gasteiger partial charge in [0, 0.05) is 43.1 Å². The van der Waals surface area contributed by atoms with Gasteiger partial charge in [0.25, 0.3) is 15.9 Å². The number of benzene rings is 1. The van der Waals surface area contributed by atoms with Gasteiger partial charge in [0.15, 0.2) is 10.9 Å². The van der Waals surface area contributed by atoms with Gasteiger partial charge < -0.3 is 14.4 Å². The van der Waals surface area contributed by atoms with E-state index in [2.05, 4.69) is 27.0 Å². The molecule has 180 valence electrons. The SMILES string of the molecule is CC1(c2noc(-c3ccccc3)n2)CCN(C(=O)C2CCN(S(=O)(=O)c3cnc[nH]3)CC2)CC1. The lowest BCUT2D eigenvalue weighted by atomic mass is 9.79. The number of rotatable bonds is 5. The van der Waals surface area contributed by atoms with E-state index in [-0.39, 0.29) is 22.3 Å². The molecule has 2 saturated heterocycles. The molecule has 0 aliphatic carbocycles. The van der Waals surface area contributed by atoms with Gasteiger partial charge in [0.1, 0.15) is 0 Å². The molecule has 0 unspecified atom stereocenters. The molecule has 0 radical (unpaired) electrons. The normalized spacial score (nSPS) is 19.9. The lowest BCUT2D eigenvalue weighted by Crippen LogP contribution is -2.49. The molecule has 0 bridgehead atoms. The highest BCUT2D eigenvalue weighted by molar-refractivity contribution is 7.89. The van der Waals surface area contributed by atoms with E-state index in [1.807, 2.05) is 35.2 Å². The smallest absolute Gasteiger partial charge is 0.260 e. The van der Waals surface area contributed by atoms with Gasteiger partial charge in [-0.2, -0.15) is 9.29 Å². The minimum atomic E-state index is -3.59. The molecule has 1 N–H and O–H groups in total. The monoisotopic (exact) mass is 484 g/mol. The number of aromatic amines is 1. The fraction of sp³-hybridized carbons (Fsp3) is 0.478. The third-order valence-corrected chi connectivity index (χ3v) is 8.88. The highest BCUT2D eigenvalue weighted by atomic mass is 32.2. The number of nitrogens with zero attached hydrogens (tertiary/aromatic N) is 5. The maximum Gasteiger partial charge on any atom is 0.260 e. The lowest BCUT2D eigenvalue weighted by molar-refractivity contribution is -0.138. The largest absolute Gasteiger partial charge is 0.342 e. The predicted octanol–water partition coefficient (Wildman–Crippen LogP) is 2.44. The molecule has 0 saturated carbocycles. The average molecular weight is 485 g/mol. The molecule has 1 aromatic carbocycles. The average Bonchev–Trinajstić information content (AvgIpc) is 3.58. The molecule has 1 amide bonds. The predicted molar refractivity (Wildman–Crippen MR) is 123 cm³/mol. The summed E-state index contributed by atoms with van der Waals surface area (Å²) in [7, 11) is -3.59. The van der Waals surface area contributed by atoms with Crippen LogP contribution in [0.1, 0.15) is 38.4 Å². The Labute approximate surface area is 198 Å². The van der Waals surface area contributed by atoms with E-state index in [9.17, 15) is 13.2 Å². The molecule has 4 heterocycles. The molecule has 11 heteroatoms. The second-order valence-corrected chi connectivity index (χ2v) is 11.2. The molecule has 5 rings (SSSR count). The topological polar surface area (TPSA) is 125 Å². The van der Waals surface area contributed by atoms with Crippen LogP contribution in [0, 0.1) is 5.92 Å². The molecule has 0 atom stereocenters. The first-order valence-electron chi connectivity index (χ1n) is 11.5. The number of carbonyl (C=O) groups excluding carboxylic acids is 1. The molecule has 3 aromatic rings. The summed E-state index contributed by atoms with van der Waals surface area (Å²) in [4.78, 5) is 26.2.